The molecule has 0 spiro atoms. The number of aromatic nitrogens is 2. The van der Waals surface area contributed by atoms with E-state index in [9.17, 15) is 14.4 Å². The van der Waals surface area contributed by atoms with Crippen LogP contribution in [0, 0.1) is 0 Å². The van der Waals surface area contributed by atoms with E-state index in [-0.39, 0.29) is 18.3 Å². The predicted octanol–water partition coefficient (Wildman–Crippen LogP) is 2.26. The van der Waals surface area contributed by atoms with E-state index >= 15 is 0 Å². The average molecular weight is 436 g/mol. The summed E-state index contributed by atoms with van der Waals surface area (Å²) in [6, 6.07) is 15.3. The number of nitrogens with zero attached hydrogens (tertiary/aromatic N) is 3. The Balaban J connectivity index is 1.38. The van der Waals surface area contributed by atoms with Crippen molar-refractivity contribution in [3.63, 3.8) is 0 Å². The van der Waals surface area contributed by atoms with Gasteiger partial charge in [-0.15, -0.1) is 0 Å². The summed E-state index contributed by atoms with van der Waals surface area (Å²) in [4.78, 5) is 42.5. The normalized spacial score (nSPS) is 17.9. The first-order valence-corrected chi connectivity index (χ1v) is 9.73. The highest BCUT2D eigenvalue weighted by atomic mass is 16.6. The molecule has 1 N–H and O–H groups in total. The van der Waals surface area contributed by atoms with Crippen LogP contribution in [0.5, 0.6) is 5.75 Å². The molecule has 0 bridgehead atoms. The van der Waals surface area contributed by atoms with Crippen LogP contribution >= 0.6 is 0 Å². The minimum atomic E-state index is -1.26. The molecule has 3 amide bonds. The zero-order chi connectivity index (χ0) is 22.7. The van der Waals surface area contributed by atoms with Crippen molar-refractivity contribution in [2.24, 2.45) is 0 Å². The summed E-state index contributed by atoms with van der Waals surface area (Å²) < 4.78 is 15.5. The van der Waals surface area contributed by atoms with Gasteiger partial charge in [0.1, 0.15) is 17.8 Å². The first kappa shape index (κ1) is 21.0. The van der Waals surface area contributed by atoms with Crippen LogP contribution in [0.2, 0.25) is 0 Å². The van der Waals surface area contributed by atoms with Gasteiger partial charge < -0.3 is 19.3 Å². The van der Waals surface area contributed by atoms with E-state index in [0.29, 0.717) is 16.9 Å². The third kappa shape index (κ3) is 3.89. The van der Waals surface area contributed by atoms with Crippen LogP contribution in [0.3, 0.4) is 0 Å². The van der Waals surface area contributed by atoms with Crippen molar-refractivity contribution in [2.75, 3.05) is 13.7 Å². The van der Waals surface area contributed by atoms with Crippen molar-refractivity contribution in [2.45, 2.75) is 19.1 Å². The number of methoxy groups -OCH3 is 1. The minimum absolute atomic E-state index is 0.0607. The van der Waals surface area contributed by atoms with E-state index in [1.54, 1.807) is 55.5 Å². The second kappa shape index (κ2) is 8.50. The van der Waals surface area contributed by atoms with Crippen LogP contribution in [-0.4, -0.2) is 46.6 Å². The van der Waals surface area contributed by atoms with Crippen LogP contribution in [-0.2, 0) is 26.5 Å². The molecule has 1 aromatic heterocycles. The van der Waals surface area contributed by atoms with E-state index in [2.05, 4.69) is 15.5 Å². The van der Waals surface area contributed by atoms with E-state index in [1.807, 2.05) is 6.07 Å². The number of para-hydroxylation sites is 1. The van der Waals surface area contributed by atoms with Crippen molar-refractivity contribution in [1.82, 2.24) is 20.4 Å². The third-order valence-corrected chi connectivity index (χ3v) is 5.09. The molecule has 0 aliphatic carbocycles. The lowest BCUT2D eigenvalue weighted by molar-refractivity contribution is -0.149. The molecule has 1 fully saturated rings. The first-order chi connectivity index (χ1) is 15.4. The second-order valence-corrected chi connectivity index (χ2v) is 7.19. The second-order valence-electron chi connectivity index (χ2n) is 7.19. The Labute approximate surface area is 183 Å². The molecular formula is C22H20N4O6. The molecule has 0 unspecified atom stereocenters. The zero-order valence-corrected chi connectivity index (χ0v) is 17.4. The maximum absolute atomic E-state index is 12.9. The van der Waals surface area contributed by atoms with Gasteiger partial charge in [0.05, 0.1) is 12.7 Å². The molecule has 32 heavy (non-hydrogen) atoms. The Morgan fingerprint density at radius 1 is 1.12 bits per heavy atom. The van der Waals surface area contributed by atoms with E-state index in [0.717, 1.165) is 4.90 Å². The number of urea groups is 1. The van der Waals surface area contributed by atoms with Gasteiger partial charge in [0.2, 0.25) is 5.82 Å². The number of benzene rings is 2. The van der Waals surface area contributed by atoms with Gasteiger partial charge in [-0.2, -0.15) is 4.98 Å². The monoisotopic (exact) mass is 436 g/mol. The molecule has 1 saturated heterocycles. The molecule has 4 rings (SSSR count). The molecule has 0 saturated carbocycles. The molecular weight excluding hydrogens is 416 g/mol. The maximum Gasteiger partial charge on any atom is 0.326 e. The summed E-state index contributed by atoms with van der Waals surface area (Å²) >= 11 is 0. The molecule has 3 aromatic rings. The number of imide groups is 1. The summed E-state index contributed by atoms with van der Waals surface area (Å²) in [7, 11) is 1.53. The van der Waals surface area contributed by atoms with Crippen LogP contribution in [0.25, 0.3) is 11.4 Å². The Morgan fingerprint density at radius 3 is 2.59 bits per heavy atom. The molecule has 164 valence electrons. The smallest absolute Gasteiger partial charge is 0.326 e. The van der Waals surface area contributed by atoms with Gasteiger partial charge in [-0.3, -0.25) is 14.5 Å². The molecule has 10 nitrogen and oxygen atoms in total. The van der Waals surface area contributed by atoms with E-state index in [4.69, 9.17) is 14.0 Å². The molecule has 1 atom stereocenters. The molecule has 1 aliphatic rings. The van der Waals surface area contributed by atoms with Gasteiger partial charge >= 0.3 is 12.0 Å². The number of nitrogens with one attached hydrogen (secondary N) is 1. The fourth-order valence-electron chi connectivity index (χ4n) is 3.38. The van der Waals surface area contributed by atoms with Crippen molar-refractivity contribution >= 4 is 17.9 Å². The summed E-state index contributed by atoms with van der Waals surface area (Å²) in [6.45, 7) is 0.743. The lowest BCUT2D eigenvalue weighted by atomic mass is 9.92. The molecule has 1 aliphatic heterocycles. The Kier molecular flexibility index (Phi) is 5.59. The van der Waals surface area contributed by atoms with Crippen LogP contribution in [0.4, 0.5) is 4.79 Å². The zero-order valence-electron chi connectivity index (χ0n) is 17.4. The van der Waals surface area contributed by atoms with E-state index < -0.39 is 30.0 Å². The van der Waals surface area contributed by atoms with Gasteiger partial charge in [-0.25, -0.2) is 4.79 Å². The SMILES string of the molecule is COc1ccccc1-c1noc(COC(=O)CN2C(=O)N[C@@](C)(c3ccccc3)C2=O)n1. The fraction of sp³-hybridized carbons (Fsp3) is 0.227. The topological polar surface area (TPSA) is 124 Å². The van der Waals surface area contributed by atoms with Gasteiger partial charge in [-0.05, 0) is 24.6 Å². The Morgan fingerprint density at radius 2 is 1.84 bits per heavy atom. The summed E-state index contributed by atoms with van der Waals surface area (Å²) in [5, 5.41) is 6.50. The first-order valence-electron chi connectivity index (χ1n) is 9.73. The summed E-state index contributed by atoms with van der Waals surface area (Å²) in [5.41, 5.74) is -0.0193. The standard InChI is InChI=1S/C22H20N4O6/c1-22(14-8-4-3-5-9-14)20(28)26(21(29)24-22)12-18(27)31-13-17-23-19(25-32-17)15-10-6-7-11-16(15)30-2/h3-11H,12-13H2,1-2H3,(H,24,29)/t22-/m0/s1. The highest BCUT2D eigenvalue weighted by Crippen LogP contribution is 2.29. The van der Waals surface area contributed by atoms with E-state index in [1.165, 1.54) is 7.11 Å². The Hall–Kier alpha value is -4.21. The lowest BCUT2D eigenvalue weighted by Crippen LogP contribution is -2.41. The quantitative estimate of drug-likeness (QED) is 0.442. The fourth-order valence-corrected chi connectivity index (χ4v) is 3.38. The number of carbonyl (C=O) groups is 3. The van der Waals surface area contributed by atoms with Gasteiger partial charge in [0, 0.05) is 0 Å². The van der Waals surface area contributed by atoms with Gasteiger partial charge in [-0.1, -0.05) is 47.6 Å². The lowest BCUT2D eigenvalue weighted by Gasteiger charge is -2.21. The average Bonchev–Trinajstić information content (AvgIpc) is 3.37. The van der Waals surface area contributed by atoms with Crippen molar-refractivity contribution < 1.29 is 28.4 Å². The van der Waals surface area contributed by atoms with Gasteiger partial charge in [0.15, 0.2) is 6.61 Å². The highest BCUT2D eigenvalue weighted by molar-refractivity contribution is 6.08. The number of carbonyl (C=O) groups excluding carboxylic acids is 3. The summed E-state index contributed by atoms with van der Waals surface area (Å²) in [5.74, 6) is -0.423. The van der Waals surface area contributed by atoms with Crippen molar-refractivity contribution in [3.8, 4) is 17.1 Å². The van der Waals surface area contributed by atoms with Crippen molar-refractivity contribution in [3.05, 3.63) is 66.1 Å². The van der Waals surface area contributed by atoms with Crippen LogP contribution < -0.4 is 10.1 Å². The molecule has 2 aromatic carbocycles. The molecule has 2 heterocycles. The predicted molar refractivity (Wildman–Crippen MR) is 110 cm³/mol. The number of rotatable bonds is 7. The minimum Gasteiger partial charge on any atom is -0.496 e. The number of esters is 1. The summed E-state index contributed by atoms with van der Waals surface area (Å²) in [6.07, 6.45) is 0. The number of hydrogen-bond donors (Lipinski definition) is 1. The third-order valence-electron chi connectivity index (χ3n) is 5.09. The highest BCUT2D eigenvalue weighted by Gasteiger charge is 2.49. The maximum atomic E-state index is 12.9. The number of ether oxygens (including phenoxy) is 2. The van der Waals surface area contributed by atoms with Gasteiger partial charge in [0.25, 0.3) is 11.8 Å². The number of amides is 3. The largest absolute Gasteiger partial charge is 0.496 e. The van der Waals surface area contributed by atoms with Crippen LogP contribution in [0.15, 0.2) is 59.1 Å². The molecule has 0 radical (unpaired) electrons. The Bertz CT molecular complexity index is 1160. The van der Waals surface area contributed by atoms with Crippen molar-refractivity contribution in [1.29, 1.82) is 0 Å². The number of hydrogen-bond acceptors (Lipinski definition) is 8. The van der Waals surface area contributed by atoms with Crippen LogP contribution in [0.1, 0.15) is 18.4 Å². The molecule has 10 heteroatoms.